The van der Waals surface area contributed by atoms with E-state index in [2.05, 4.69) is 25.9 Å². The molecular formula is C26H32F3N5O5P+. The molecule has 0 aliphatic heterocycles. The van der Waals surface area contributed by atoms with Gasteiger partial charge >= 0.3 is 14.1 Å². The molecule has 216 valence electrons. The summed E-state index contributed by atoms with van der Waals surface area (Å²) in [6, 6.07) is 12.8. The lowest BCUT2D eigenvalue weighted by Crippen LogP contribution is -2.20. The fraction of sp³-hybridized carbons (Fsp3) is 0.346. The van der Waals surface area contributed by atoms with Gasteiger partial charge in [-0.3, -0.25) is 4.79 Å². The van der Waals surface area contributed by atoms with Gasteiger partial charge in [0.05, 0.1) is 24.5 Å². The predicted molar refractivity (Wildman–Crippen MR) is 147 cm³/mol. The van der Waals surface area contributed by atoms with Gasteiger partial charge in [0.15, 0.2) is 0 Å². The Labute approximate surface area is 230 Å². The summed E-state index contributed by atoms with van der Waals surface area (Å²) in [5.41, 5.74) is 0.238. The van der Waals surface area contributed by atoms with E-state index >= 15 is 0 Å². The average molecular weight is 583 g/mol. The van der Waals surface area contributed by atoms with Gasteiger partial charge in [-0.15, -0.1) is 0 Å². The van der Waals surface area contributed by atoms with Crippen LogP contribution < -0.4 is 16.0 Å². The number of carbonyl (C=O) groups excluding carboxylic acids is 1. The second kappa shape index (κ2) is 13.8. The topological polar surface area (TPSA) is 127 Å². The van der Waals surface area contributed by atoms with Crippen LogP contribution in [0.25, 0.3) is 0 Å². The summed E-state index contributed by atoms with van der Waals surface area (Å²) in [5.74, 6) is -1.98. The van der Waals surface area contributed by atoms with Crippen molar-refractivity contribution >= 4 is 37.0 Å². The van der Waals surface area contributed by atoms with Crippen molar-refractivity contribution in [3.05, 3.63) is 71.4 Å². The van der Waals surface area contributed by atoms with E-state index in [0.29, 0.717) is 24.1 Å². The number of anilines is 4. The Bertz CT molecular complexity index is 1270. The van der Waals surface area contributed by atoms with Gasteiger partial charge in [-0.25, -0.2) is 4.98 Å². The highest BCUT2D eigenvalue weighted by Gasteiger charge is 2.52. The first kappa shape index (κ1) is 31.2. The maximum atomic E-state index is 13.8. The first-order valence-electron chi connectivity index (χ1n) is 12.5. The molecule has 2 aromatic carbocycles. The van der Waals surface area contributed by atoms with E-state index in [0.717, 1.165) is 0 Å². The molecule has 0 fully saturated rings. The Hall–Kier alpha value is -3.35. The largest absolute Gasteiger partial charge is 0.445 e. The van der Waals surface area contributed by atoms with Gasteiger partial charge in [-0.05, 0) is 45.0 Å². The number of benzene rings is 2. The molecule has 40 heavy (non-hydrogen) atoms. The third kappa shape index (κ3) is 7.64. The molecule has 0 aliphatic rings. The number of ether oxygens (including phenoxy) is 1. The molecule has 10 nitrogen and oxygen atoms in total. The average Bonchev–Trinajstić information content (AvgIpc) is 2.92. The first-order valence-corrected chi connectivity index (χ1v) is 14.1. The molecule has 14 heteroatoms. The number of amides is 1. The lowest BCUT2D eigenvalue weighted by Gasteiger charge is -2.24. The molecule has 3 rings (SSSR count). The number of halogens is 3. The maximum Gasteiger partial charge on any atom is 0.445 e. The van der Waals surface area contributed by atoms with Crippen LogP contribution in [0.5, 0.6) is 0 Å². The minimum absolute atomic E-state index is 0.116. The minimum Gasteiger partial charge on any atom is -0.355 e. The molecule has 1 unspecified atom stereocenters. The monoisotopic (exact) mass is 582 g/mol. The highest BCUT2D eigenvalue weighted by Crippen LogP contribution is 2.68. The number of rotatable bonds is 13. The van der Waals surface area contributed by atoms with Crippen molar-refractivity contribution in [2.45, 2.75) is 32.8 Å². The number of para-hydroxylation sites is 1. The van der Waals surface area contributed by atoms with Crippen molar-refractivity contribution in [1.29, 1.82) is 0 Å². The normalized spacial score (nSPS) is 12.6. The Kier molecular flexibility index (Phi) is 10.8. The summed E-state index contributed by atoms with van der Waals surface area (Å²) in [4.78, 5) is 31.1. The summed E-state index contributed by atoms with van der Waals surface area (Å²) in [6.07, 6.45) is -4.09. The van der Waals surface area contributed by atoms with Gasteiger partial charge < -0.3 is 20.7 Å². The van der Waals surface area contributed by atoms with E-state index in [9.17, 15) is 22.9 Å². The van der Waals surface area contributed by atoms with Gasteiger partial charge in [0.25, 0.3) is 11.8 Å². The van der Waals surface area contributed by atoms with Gasteiger partial charge in [0.1, 0.15) is 11.4 Å². The van der Waals surface area contributed by atoms with E-state index in [1.165, 1.54) is 19.2 Å². The number of carbonyl (C=O) groups is 1. The van der Waals surface area contributed by atoms with Crippen LogP contribution in [0.15, 0.2) is 54.7 Å². The standard InChI is InChI=1S/C26H31F3N5O5P/c1-5-37-24(40(36,38-6-2)39-7-3)17-12-14-18(15-13-17)32-25-31-16-20(26(27,28)29)22(34-25)33-21-11-9-8-10-19(21)23(35)30-4/h8-16,24,36H,5-7H2,1-4H3,(H2-,30,31,32,33,34,35)/p+1. The van der Waals surface area contributed by atoms with Gasteiger partial charge in [0.2, 0.25) is 5.95 Å². The summed E-state index contributed by atoms with van der Waals surface area (Å²) >= 11 is 0. The van der Waals surface area contributed by atoms with Crippen molar-refractivity contribution in [3.63, 3.8) is 0 Å². The van der Waals surface area contributed by atoms with Crippen LogP contribution in [-0.2, 0) is 20.0 Å². The fourth-order valence-electron chi connectivity index (χ4n) is 3.74. The SMILES string of the molecule is CCOC(c1ccc(Nc2ncc(C(F)(F)F)c(Nc3ccccc3C(=O)NC)n2)cc1)[P+](O)(OCC)OCC. The molecule has 0 saturated heterocycles. The van der Waals surface area contributed by atoms with Crippen LogP contribution >= 0.6 is 7.94 Å². The predicted octanol–water partition coefficient (Wildman–Crippen LogP) is 6.21. The molecule has 1 aromatic heterocycles. The zero-order chi connectivity index (χ0) is 29.3. The van der Waals surface area contributed by atoms with Crippen molar-refractivity contribution in [2.75, 3.05) is 37.5 Å². The number of alkyl halides is 3. The highest BCUT2D eigenvalue weighted by atomic mass is 31.2. The molecule has 1 heterocycles. The molecule has 4 N–H and O–H groups in total. The number of nitrogens with zero attached hydrogens (tertiary/aromatic N) is 2. The minimum atomic E-state index is -4.75. The van der Waals surface area contributed by atoms with Gasteiger partial charge in [-0.2, -0.15) is 32.1 Å². The van der Waals surface area contributed by atoms with Crippen molar-refractivity contribution in [3.8, 4) is 0 Å². The lowest BCUT2D eigenvalue weighted by molar-refractivity contribution is -0.137. The smallest absolute Gasteiger partial charge is 0.355 e. The van der Waals surface area contributed by atoms with Crippen LogP contribution in [0.2, 0.25) is 0 Å². The molecule has 0 radical (unpaired) electrons. The molecule has 1 amide bonds. The summed E-state index contributed by atoms with van der Waals surface area (Å²) in [7, 11) is -1.96. The first-order chi connectivity index (χ1) is 19.1. The number of hydrogen-bond acceptors (Lipinski definition) is 9. The summed E-state index contributed by atoms with van der Waals surface area (Å²) in [6.45, 7) is 6.01. The van der Waals surface area contributed by atoms with E-state index in [4.69, 9.17) is 13.8 Å². The molecule has 0 saturated carbocycles. The Balaban J connectivity index is 1.91. The zero-order valence-electron chi connectivity index (χ0n) is 22.5. The summed E-state index contributed by atoms with van der Waals surface area (Å²) < 4.78 is 58.1. The molecule has 0 aliphatic carbocycles. The second-order valence-electron chi connectivity index (χ2n) is 8.16. The van der Waals surface area contributed by atoms with E-state index in [1.807, 2.05) is 0 Å². The quantitative estimate of drug-likeness (QED) is 0.174. The zero-order valence-corrected chi connectivity index (χ0v) is 23.3. The highest BCUT2D eigenvalue weighted by molar-refractivity contribution is 7.60. The van der Waals surface area contributed by atoms with Crippen LogP contribution in [-0.4, -0.2) is 47.6 Å². The van der Waals surface area contributed by atoms with E-state index in [1.54, 1.807) is 57.2 Å². The van der Waals surface area contributed by atoms with Crippen LogP contribution in [0.3, 0.4) is 0 Å². The van der Waals surface area contributed by atoms with Gasteiger partial charge in [0, 0.05) is 31.1 Å². The molecule has 0 spiro atoms. The number of aromatic nitrogens is 2. The number of nitrogens with one attached hydrogen (secondary N) is 3. The Morgan fingerprint density at radius 2 is 1.65 bits per heavy atom. The fourth-order valence-corrected chi connectivity index (χ4v) is 5.71. The molecule has 1 atom stereocenters. The van der Waals surface area contributed by atoms with Crippen molar-refractivity contribution in [2.24, 2.45) is 0 Å². The lowest BCUT2D eigenvalue weighted by atomic mass is 10.1. The second-order valence-corrected chi connectivity index (χ2v) is 10.3. The van der Waals surface area contributed by atoms with Crippen molar-refractivity contribution in [1.82, 2.24) is 15.3 Å². The third-order valence-electron chi connectivity index (χ3n) is 5.45. The molecular weight excluding hydrogens is 550 g/mol. The Morgan fingerprint density at radius 3 is 2.23 bits per heavy atom. The van der Waals surface area contributed by atoms with Crippen LogP contribution in [0, 0.1) is 0 Å². The Morgan fingerprint density at radius 1 is 1.00 bits per heavy atom. The van der Waals surface area contributed by atoms with E-state index in [-0.39, 0.29) is 30.4 Å². The molecule has 3 aromatic rings. The van der Waals surface area contributed by atoms with Crippen LogP contribution in [0.1, 0.15) is 48.1 Å². The third-order valence-corrected chi connectivity index (χ3v) is 7.74. The van der Waals surface area contributed by atoms with Gasteiger partial charge in [-0.1, -0.05) is 24.3 Å². The molecule has 0 bridgehead atoms. The van der Waals surface area contributed by atoms with Crippen LogP contribution in [0.4, 0.5) is 36.3 Å². The summed E-state index contributed by atoms with van der Waals surface area (Å²) in [5, 5.41) is 7.96. The van der Waals surface area contributed by atoms with Crippen molar-refractivity contribution < 1.29 is 36.6 Å². The maximum absolute atomic E-state index is 13.8. The number of hydrogen-bond donors (Lipinski definition) is 4. The van der Waals surface area contributed by atoms with E-state index < -0.39 is 37.3 Å².